The fourth-order valence-electron chi connectivity index (χ4n) is 3.26. The third kappa shape index (κ3) is 3.23. The summed E-state index contributed by atoms with van der Waals surface area (Å²) in [5.41, 5.74) is 0. The fourth-order valence-corrected chi connectivity index (χ4v) is 3.26. The summed E-state index contributed by atoms with van der Waals surface area (Å²) in [6, 6.07) is 0.525. The summed E-state index contributed by atoms with van der Waals surface area (Å²) >= 11 is 0. The van der Waals surface area contributed by atoms with Gasteiger partial charge in [0, 0.05) is 32.2 Å². The number of piperidine rings is 1. The maximum Gasteiger partial charge on any atom is 0.239 e. The zero-order chi connectivity index (χ0) is 13.1. The third-order valence-electron chi connectivity index (χ3n) is 4.31. The Morgan fingerprint density at radius 3 is 2.39 bits per heavy atom. The molecule has 0 aromatic carbocycles. The van der Waals surface area contributed by atoms with Gasteiger partial charge in [0.25, 0.3) is 0 Å². The fraction of sp³-hybridized carbons (Fsp3) is 0.929. The molecule has 1 amide bonds. The number of likely N-dealkylation sites (N-methyl/N-ethyl adjacent to an activating group) is 1. The number of hydrogen-bond donors (Lipinski definition) is 1. The largest absolute Gasteiger partial charge is 0.339 e. The Morgan fingerprint density at radius 1 is 1.17 bits per heavy atom. The van der Waals surface area contributed by atoms with Crippen molar-refractivity contribution in [2.75, 3.05) is 32.7 Å². The van der Waals surface area contributed by atoms with Gasteiger partial charge in [0.05, 0.1) is 6.04 Å². The molecule has 4 nitrogen and oxygen atoms in total. The summed E-state index contributed by atoms with van der Waals surface area (Å²) in [6.45, 7) is 11.6. The van der Waals surface area contributed by atoms with Gasteiger partial charge in [-0.05, 0) is 32.2 Å². The molecule has 0 spiro atoms. The number of amides is 1. The smallest absolute Gasteiger partial charge is 0.239 e. The zero-order valence-corrected chi connectivity index (χ0v) is 12.0. The molecular weight excluding hydrogens is 226 g/mol. The Hall–Kier alpha value is -0.610. The van der Waals surface area contributed by atoms with Crippen molar-refractivity contribution in [3.05, 3.63) is 0 Å². The van der Waals surface area contributed by atoms with Crippen LogP contribution in [-0.2, 0) is 4.79 Å². The van der Waals surface area contributed by atoms with Crippen LogP contribution in [-0.4, -0.2) is 60.5 Å². The van der Waals surface area contributed by atoms with Crippen LogP contribution in [0.25, 0.3) is 0 Å². The van der Waals surface area contributed by atoms with Crippen molar-refractivity contribution >= 4 is 5.91 Å². The van der Waals surface area contributed by atoms with Gasteiger partial charge in [0.2, 0.25) is 5.91 Å². The Balaban J connectivity index is 1.87. The highest BCUT2D eigenvalue weighted by Gasteiger charge is 2.32. The van der Waals surface area contributed by atoms with Crippen molar-refractivity contribution < 1.29 is 4.79 Å². The van der Waals surface area contributed by atoms with Gasteiger partial charge in [-0.2, -0.15) is 0 Å². The number of piperazine rings is 1. The van der Waals surface area contributed by atoms with Crippen molar-refractivity contribution in [2.45, 2.75) is 45.7 Å². The molecule has 3 unspecified atom stereocenters. The molecule has 2 rings (SSSR count). The van der Waals surface area contributed by atoms with Crippen molar-refractivity contribution in [1.29, 1.82) is 0 Å². The average Bonchev–Trinajstić information content (AvgIpc) is 2.37. The predicted octanol–water partition coefficient (Wildman–Crippen LogP) is 0.927. The minimum Gasteiger partial charge on any atom is -0.339 e. The lowest BCUT2D eigenvalue weighted by atomic mass is 9.89. The summed E-state index contributed by atoms with van der Waals surface area (Å²) in [6.07, 6.45) is 2.19. The van der Waals surface area contributed by atoms with E-state index in [2.05, 4.69) is 35.9 Å². The van der Waals surface area contributed by atoms with E-state index in [1.165, 1.54) is 6.42 Å². The molecule has 2 aliphatic heterocycles. The molecule has 3 atom stereocenters. The molecule has 0 aromatic rings. The number of nitrogens with zero attached hydrogens (tertiary/aromatic N) is 2. The number of hydrogen-bond acceptors (Lipinski definition) is 3. The van der Waals surface area contributed by atoms with E-state index in [1.807, 2.05) is 0 Å². The number of nitrogens with one attached hydrogen (secondary N) is 1. The summed E-state index contributed by atoms with van der Waals surface area (Å²) in [4.78, 5) is 16.9. The SMILES string of the molecule is CCN1CCN(C(=O)C2CC(C)CC(C)N2)CC1. The van der Waals surface area contributed by atoms with Gasteiger partial charge in [-0.1, -0.05) is 13.8 Å². The van der Waals surface area contributed by atoms with Crippen LogP contribution in [0.15, 0.2) is 0 Å². The minimum atomic E-state index is 0.0527. The highest BCUT2D eigenvalue weighted by atomic mass is 16.2. The van der Waals surface area contributed by atoms with E-state index >= 15 is 0 Å². The molecule has 0 aliphatic carbocycles. The highest BCUT2D eigenvalue weighted by Crippen LogP contribution is 2.21. The molecule has 0 bridgehead atoms. The van der Waals surface area contributed by atoms with E-state index in [9.17, 15) is 4.79 Å². The first-order valence-corrected chi connectivity index (χ1v) is 7.37. The van der Waals surface area contributed by atoms with Gasteiger partial charge in [-0.25, -0.2) is 0 Å². The van der Waals surface area contributed by atoms with Crippen LogP contribution in [0.3, 0.4) is 0 Å². The van der Waals surface area contributed by atoms with Crippen molar-refractivity contribution in [2.24, 2.45) is 5.92 Å². The Bertz CT molecular complexity index is 277. The van der Waals surface area contributed by atoms with E-state index in [0.29, 0.717) is 17.9 Å². The lowest BCUT2D eigenvalue weighted by Gasteiger charge is -2.39. The van der Waals surface area contributed by atoms with E-state index in [1.54, 1.807) is 0 Å². The Labute approximate surface area is 111 Å². The lowest BCUT2D eigenvalue weighted by Crippen LogP contribution is -2.57. The summed E-state index contributed by atoms with van der Waals surface area (Å²) in [5, 5.41) is 3.46. The second-order valence-corrected chi connectivity index (χ2v) is 5.96. The molecule has 2 saturated heterocycles. The first-order chi connectivity index (χ1) is 8.60. The summed E-state index contributed by atoms with van der Waals surface area (Å²) in [7, 11) is 0. The van der Waals surface area contributed by atoms with Crippen molar-refractivity contribution in [3.63, 3.8) is 0 Å². The standard InChI is InChI=1S/C14H27N3O/c1-4-16-5-7-17(8-6-16)14(18)13-10-11(2)9-12(3)15-13/h11-13,15H,4-10H2,1-3H3. The lowest BCUT2D eigenvalue weighted by molar-refractivity contribution is -0.136. The van der Waals surface area contributed by atoms with Crippen LogP contribution in [0.5, 0.6) is 0 Å². The molecule has 2 heterocycles. The molecule has 18 heavy (non-hydrogen) atoms. The van der Waals surface area contributed by atoms with Gasteiger partial charge in [-0.15, -0.1) is 0 Å². The van der Waals surface area contributed by atoms with Crippen molar-refractivity contribution in [3.8, 4) is 0 Å². The first kappa shape index (κ1) is 13.8. The van der Waals surface area contributed by atoms with Crippen LogP contribution in [0.4, 0.5) is 0 Å². The van der Waals surface area contributed by atoms with Crippen LogP contribution in [0.1, 0.15) is 33.6 Å². The van der Waals surface area contributed by atoms with Crippen LogP contribution in [0, 0.1) is 5.92 Å². The van der Waals surface area contributed by atoms with E-state index < -0.39 is 0 Å². The molecule has 2 aliphatic rings. The van der Waals surface area contributed by atoms with Gasteiger partial charge in [-0.3, -0.25) is 4.79 Å². The van der Waals surface area contributed by atoms with Crippen LogP contribution >= 0.6 is 0 Å². The normalized spacial score (nSPS) is 34.6. The quantitative estimate of drug-likeness (QED) is 0.795. The van der Waals surface area contributed by atoms with Gasteiger partial charge >= 0.3 is 0 Å². The minimum absolute atomic E-state index is 0.0527. The van der Waals surface area contributed by atoms with Crippen LogP contribution < -0.4 is 5.32 Å². The van der Waals surface area contributed by atoms with Gasteiger partial charge in [0.15, 0.2) is 0 Å². The molecule has 0 saturated carbocycles. The molecule has 2 fully saturated rings. The first-order valence-electron chi connectivity index (χ1n) is 7.37. The summed E-state index contributed by atoms with van der Waals surface area (Å²) < 4.78 is 0. The topological polar surface area (TPSA) is 35.6 Å². The second-order valence-electron chi connectivity index (χ2n) is 5.96. The molecule has 4 heteroatoms. The second kappa shape index (κ2) is 6.02. The van der Waals surface area contributed by atoms with E-state index in [0.717, 1.165) is 39.1 Å². The van der Waals surface area contributed by atoms with Crippen molar-refractivity contribution in [1.82, 2.24) is 15.1 Å². The third-order valence-corrected chi connectivity index (χ3v) is 4.31. The van der Waals surface area contributed by atoms with Crippen LogP contribution in [0.2, 0.25) is 0 Å². The monoisotopic (exact) mass is 253 g/mol. The van der Waals surface area contributed by atoms with E-state index in [4.69, 9.17) is 0 Å². The Kier molecular flexibility index (Phi) is 4.62. The number of carbonyl (C=O) groups excluding carboxylic acids is 1. The summed E-state index contributed by atoms with van der Waals surface area (Å²) in [5.74, 6) is 0.983. The molecule has 104 valence electrons. The number of rotatable bonds is 2. The number of carbonyl (C=O) groups is 1. The molecule has 0 aromatic heterocycles. The average molecular weight is 253 g/mol. The van der Waals surface area contributed by atoms with E-state index in [-0.39, 0.29) is 6.04 Å². The maximum absolute atomic E-state index is 12.5. The molecule has 1 N–H and O–H groups in total. The molecular formula is C14H27N3O. The molecule has 0 radical (unpaired) electrons. The highest BCUT2D eigenvalue weighted by molar-refractivity contribution is 5.82. The van der Waals surface area contributed by atoms with Gasteiger partial charge in [0.1, 0.15) is 0 Å². The van der Waals surface area contributed by atoms with Gasteiger partial charge < -0.3 is 15.1 Å². The Morgan fingerprint density at radius 2 is 1.83 bits per heavy atom. The predicted molar refractivity (Wildman–Crippen MR) is 73.5 cm³/mol. The zero-order valence-electron chi connectivity index (χ0n) is 12.0. The maximum atomic E-state index is 12.5.